The average Bonchev–Trinajstić information content (AvgIpc) is 3.66. The van der Waals surface area contributed by atoms with Gasteiger partial charge in [-0.2, -0.15) is 0 Å². The number of amidine groups is 1. The molecule has 0 spiro atoms. The van der Waals surface area contributed by atoms with Crippen molar-refractivity contribution in [2.75, 3.05) is 0 Å². The molecule has 2 aliphatic rings. The number of aromatic amines is 1. The van der Waals surface area contributed by atoms with Gasteiger partial charge in [-0.05, 0) is 75.2 Å². The third kappa shape index (κ3) is 5.02. The molecule has 6 aromatic carbocycles. The van der Waals surface area contributed by atoms with Gasteiger partial charge in [-0.25, -0.2) is 9.98 Å². The Hall–Kier alpha value is -5.78. The third-order valence-corrected chi connectivity index (χ3v) is 9.46. The van der Waals surface area contributed by atoms with E-state index in [2.05, 4.69) is 154 Å². The number of nitrogens with zero attached hydrogens (tertiary/aromatic N) is 2. The SMILES string of the molecule is C1=CCCC(C2NC(c3ccccc3)=NC(c3cccc(-c4cccc(-c5ccc6c7ccccc7c7nc[nH]c7c6c5)c4)c3)N2)=C1. The van der Waals surface area contributed by atoms with Crippen molar-refractivity contribution >= 4 is 38.4 Å². The van der Waals surface area contributed by atoms with Crippen molar-refractivity contribution in [3.63, 3.8) is 0 Å². The predicted molar refractivity (Wildman–Crippen MR) is 194 cm³/mol. The molecular formula is C42H33N5. The highest BCUT2D eigenvalue weighted by Gasteiger charge is 2.27. The highest BCUT2D eigenvalue weighted by atomic mass is 15.3. The molecule has 9 rings (SSSR count). The summed E-state index contributed by atoms with van der Waals surface area (Å²) in [5.74, 6) is 0.915. The first-order valence-corrected chi connectivity index (χ1v) is 16.3. The summed E-state index contributed by atoms with van der Waals surface area (Å²) >= 11 is 0. The lowest BCUT2D eigenvalue weighted by Gasteiger charge is -2.34. The molecule has 0 amide bonds. The van der Waals surface area contributed by atoms with E-state index in [0.717, 1.165) is 40.8 Å². The first-order valence-electron chi connectivity index (χ1n) is 16.3. The van der Waals surface area contributed by atoms with Gasteiger partial charge >= 0.3 is 0 Å². The molecule has 1 aliphatic carbocycles. The molecule has 7 aromatic rings. The average molecular weight is 608 g/mol. The largest absolute Gasteiger partial charge is 0.351 e. The lowest BCUT2D eigenvalue weighted by Crippen LogP contribution is -2.52. The maximum absolute atomic E-state index is 5.18. The van der Waals surface area contributed by atoms with Crippen LogP contribution in [-0.2, 0) is 0 Å². The molecule has 1 aliphatic heterocycles. The van der Waals surface area contributed by atoms with Crippen LogP contribution in [0.5, 0.6) is 0 Å². The predicted octanol–water partition coefficient (Wildman–Crippen LogP) is 9.44. The highest BCUT2D eigenvalue weighted by molar-refractivity contribution is 6.23. The van der Waals surface area contributed by atoms with Crippen LogP contribution in [0.4, 0.5) is 0 Å². The topological polar surface area (TPSA) is 65.1 Å². The van der Waals surface area contributed by atoms with Gasteiger partial charge in [-0.15, -0.1) is 0 Å². The quantitative estimate of drug-likeness (QED) is 0.171. The van der Waals surface area contributed by atoms with E-state index in [0.29, 0.717) is 0 Å². The zero-order valence-corrected chi connectivity index (χ0v) is 25.8. The molecule has 5 nitrogen and oxygen atoms in total. The first kappa shape index (κ1) is 27.5. The van der Waals surface area contributed by atoms with E-state index in [1.54, 1.807) is 6.33 Å². The second-order valence-corrected chi connectivity index (χ2v) is 12.3. The first-order chi connectivity index (χ1) is 23.3. The normalized spacial score (nSPS) is 17.9. The van der Waals surface area contributed by atoms with E-state index in [1.807, 2.05) is 6.07 Å². The molecule has 0 saturated carbocycles. The fourth-order valence-corrected chi connectivity index (χ4v) is 7.09. The number of hydrogen-bond acceptors (Lipinski definition) is 4. The number of allylic oxidation sites excluding steroid dienone is 3. The van der Waals surface area contributed by atoms with Crippen LogP contribution in [0.2, 0.25) is 0 Å². The molecule has 47 heavy (non-hydrogen) atoms. The summed E-state index contributed by atoms with van der Waals surface area (Å²) in [7, 11) is 0. The van der Waals surface area contributed by atoms with Crippen LogP contribution < -0.4 is 10.6 Å². The van der Waals surface area contributed by atoms with Crippen molar-refractivity contribution in [1.29, 1.82) is 0 Å². The van der Waals surface area contributed by atoms with Crippen LogP contribution in [0.3, 0.4) is 0 Å². The Balaban J connectivity index is 1.09. The molecule has 2 unspecified atom stereocenters. The Labute approximate surface area is 273 Å². The summed E-state index contributed by atoms with van der Waals surface area (Å²) in [6.45, 7) is 0. The number of hydrogen-bond donors (Lipinski definition) is 3. The Kier molecular flexibility index (Phi) is 6.76. The number of H-pyrrole nitrogens is 1. The molecule has 5 heteroatoms. The molecule has 0 fully saturated rings. The Bertz CT molecular complexity index is 2380. The minimum atomic E-state index is -0.182. The van der Waals surface area contributed by atoms with Crippen LogP contribution in [0.1, 0.15) is 30.1 Å². The van der Waals surface area contributed by atoms with Crippen LogP contribution in [0, 0.1) is 0 Å². The summed E-state index contributed by atoms with van der Waals surface area (Å²) < 4.78 is 0. The van der Waals surface area contributed by atoms with Gasteiger partial charge in [0.2, 0.25) is 0 Å². The standard InChI is InChI=1S/C42H33N5/c1-3-11-27(12-4-1)40-45-41(28-13-5-2-6-14-28)47-42(46-40)33-18-10-17-31(24-33)29-15-9-16-30(23-29)32-21-22-35-34-19-7-8-20-36(34)38-39(37(35)25-32)44-26-43-38/h1-5,7-13,15-26,41-42,47H,6,14H2,(H,43,44)(H,45,46). The Morgan fingerprint density at radius 3 is 2.17 bits per heavy atom. The van der Waals surface area contributed by atoms with Crippen LogP contribution in [0.25, 0.3) is 54.8 Å². The second kappa shape index (κ2) is 11.5. The van der Waals surface area contributed by atoms with Crippen LogP contribution in [0.15, 0.2) is 156 Å². The van der Waals surface area contributed by atoms with Crippen molar-refractivity contribution in [2.45, 2.75) is 25.2 Å². The fourth-order valence-electron chi connectivity index (χ4n) is 7.09. The number of benzene rings is 6. The van der Waals surface area contributed by atoms with E-state index in [1.165, 1.54) is 49.4 Å². The molecular weight excluding hydrogens is 574 g/mol. The zero-order chi connectivity index (χ0) is 31.2. The van der Waals surface area contributed by atoms with Crippen molar-refractivity contribution in [3.8, 4) is 22.3 Å². The van der Waals surface area contributed by atoms with Crippen molar-refractivity contribution < 1.29 is 0 Å². The summed E-state index contributed by atoms with van der Waals surface area (Å²) in [5.41, 5.74) is 10.4. The minimum Gasteiger partial charge on any atom is -0.351 e. The zero-order valence-electron chi connectivity index (χ0n) is 25.8. The molecule has 3 N–H and O–H groups in total. The van der Waals surface area contributed by atoms with E-state index < -0.39 is 0 Å². The Morgan fingerprint density at radius 1 is 0.617 bits per heavy atom. The number of rotatable bonds is 5. The van der Waals surface area contributed by atoms with Gasteiger partial charge in [0.25, 0.3) is 0 Å². The highest BCUT2D eigenvalue weighted by Crippen LogP contribution is 2.37. The number of imidazole rings is 1. The molecule has 226 valence electrons. The molecule has 0 saturated heterocycles. The lowest BCUT2D eigenvalue weighted by molar-refractivity contribution is 0.429. The number of aromatic nitrogens is 2. The third-order valence-electron chi connectivity index (χ3n) is 9.46. The monoisotopic (exact) mass is 607 g/mol. The van der Waals surface area contributed by atoms with Crippen molar-refractivity contribution in [3.05, 3.63) is 163 Å². The number of fused-ring (bicyclic) bond motifs is 6. The fraction of sp³-hybridized carbons (Fsp3) is 0.0952. The summed E-state index contributed by atoms with van der Waals surface area (Å²) in [6.07, 6.45) is 10.3. The van der Waals surface area contributed by atoms with Crippen LogP contribution in [-0.4, -0.2) is 22.0 Å². The maximum atomic E-state index is 5.18. The van der Waals surface area contributed by atoms with Gasteiger partial charge in [0, 0.05) is 16.3 Å². The van der Waals surface area contributed by atoms with E-state index in [4.69, 9.17) is 4.99 Å². The van der Waals surface area contributed by atoms with Crippen molar-refractivity contribution in [2.24, 2.45) is 4.99 Å². The van der Waals surface area contributed by atoms with Gasteiger partial charge in [-0.1, -0.05) is 121 Å². The van der Waals surface area contributed by atoms with Gasteiger partial charge in [0.15, 0.2) is 0 Å². The maximum Gasteiger partial charge on any atom is 0.131 e. The number of aliphatic imine (C=N–C) groups is 1. The minimum absolute atomic E-state index is 0.0102. The summed E-state index contributed by atoms with van der Waals surface area (Å²) in [5, 5.41) is 12.3. The van der Waals surface area contributed by atoms with Crippen molar-refractivity contribution in [1.82, 2.24) is 20.6 Å². The number of nitrogens with one attached hydrogen (secondary N) is 3. The van der Waals surface area contributed by atoms with E-state index in [-0.39, 0.29) is 12.3 Å². The lowest BCUT2D eigenvalue weighted by atomic mass is 9.94. The van der Waals surface area contributed by atoms with Crippen LogP contribution >= 0.6 is 0 Å². The van der Waals surface area contributed by atoms with Gasteiger partial charge in [0.05, 0.1) is 17.4 Å². The molecule has 1 aromatic heterocycles. The summed E-state index contributed by atoms with van der Waals surface area (Å²) in [4.78, 5) is 13.3. The summed E-state index contributed by atoms with van der Waals surface area (Å²) in [6, 6.07) is 43.4. The van der Waals surface area contributed by atoms with Gasteiger partial charge in [0.1, 0.15) is 18.2 Å². The Morgan fingerprint density at radius 2 is 1.34 bits per heavy atom. The smallest absolute Gasteiger partial charge is 0.131 e. The molecule has 0 radical (unpaired) electrons. The van der Waals surface area contributed by atoms with E-state index >= 15 is 0 Å². The van der Waals surface area contributed by atoms with Gasteiger partial charge < -0.3 is 10.3 Å². The molecule has 2 heterocycles. The van der Waals surface area contributed by atoms with Gasteiger partial charge in [-0.3, -0.25) is 5.32 Å². The molecule has 0 bridgehead atoms. The molecule has 2 atom stereocenters. The van der Waals surface area contributed by atoms with E-state index in [9.17, 15) is 0 Å². The second-order valence-electron chi connectivity index (χ2n) is 12.3.